The number of rotatable bonds is 12. The van der Waals surface area contributed by atoms with Gasteiger partial charge in [-0.25, -0.2) is 4.79 Å². The maximum absolute atomic E-state index is 14.2. The Bertz CT molecular complexity index is 946. The molecule has 1 aromatic carbocycles. The minimum Gasteiger partial charge on any atom is -0.508 e. The normalized spacial score (nSPS) is 13.2. The summed E-state index contributed by atoms with van der Waals surface area (Å²) in [6.45, 7) is 10.3. The van der Waals surface area contributed by atoms with E-state index >= 15 is 0 Å². The summed E-state index contributed by atoms with van der Waals surface area (Å²) >= 11 is 1.51. The molecule has 1 rings (SSSR count). The first kappa shape index (κ1) is 32.1. The van der Waals surface area contributed by atoms with Crippen molar-refractivity contribution in [3.8, 4) is 5.75 Å². The second kappa shape index (κ2) is 14.1. The van der Waals surface area contributed by atoms with Crippen LogP contribution in [-0.4, -0.2) is 76.7 Å². The Labute approximate surface area is 223 Å². The van der Waals surface area contributed by atoms with Gasteiger partial charge in [0.2, 0.25) is 11.8 Å². The molecule has 0 saturated heterocycles. The average molecular weight is 540 g/mol. The van der Waals surface area contributed by atoms with Crippen molar-refractivity contribution in [3.63, 3.8) is 0 Å². The lowest BCUT2D eigenvalue weighted by Crippen LogP contribution is -2.59. The molecular formula is C26H41N3O7S. The average Bonchev–Trinajstić information content (AvgIpc) is 2.81. The zero-order chi connectivity index (χ0) is 28.4. The van der Waals surface area contributed by atoms with Crippen LogP contribution < -0.4 is 10.6 Å². The predicted molar refractivity (Wildman–Crippen MR) is 143 cm³/mol. The zero-order valence-corrected chi connectivity index (χ0v) is 23.9. The molecule has 3 N–H and O–H groups in total. The van der Waals surface area contributed by atoms with Gasteiger partial charge in [-0.3, -0.25) is 14.4 Å². The number of alkyl carbamates (subject to hydrolysis) is 1. The zero-order valence-electron chi connectivity index (χ0n) is 23.0. The number of carbonyl (C=O) groups is 4. The third-order valence-corrected chi connectivity index (χ3v) is 6.33. The molecule has 0 saturated carbocycles. The highest BCUT2D eigenvalue weighted by molar-refractivity contribution is 7.98. The molecule has 37 heavy (non-hydrogen) atoms. The third-order valence-electron chi connectivity index (χ3n) is 5.68. The van der Waals surface area contributed by atoms with E-state index in [0.29, 0.717) is 24.2 Å². The van der Waals surface area contributed by atoms with E-state index in [1.807, 2.05) is 27.0 Å². The predicted octanol–water partition coefficient (Wildman–Crippen LogP) is 3.39. The number of amides is 3. The molecule has 0 fully saturated rings. The van der Waals surface area contributed by atoms with Crippen LogP contribution >= 0.6 is 11.8 Å². The van der Waals surface area contributed by atoms with E-state index in [2.05, 4.69) is 15.4 Å². The number of hydrogen-bond acceptors (Lipinski definition) is 8. The summed E-state index contributed by atoms with van der Waals surface area (Å²) in [6.07, 6.45) is 1.91. The molecule has 11 heteroatoms. The lowest BCUT2D eigenvalue weighted by atomic mass is 9.91. The number of esters is 1. The highest BCUT2D eigenvalue weighted by atomic mass is 32.2. The fourth-order valence-electron chi connectivity index (χ4n) is 3.50. The van der Waals surface area contributed by atoms with E-state index in [9.17, 15) is 24.3 Å². The minimum atomic E-state index is -1.21. The van der Waals surface area contributed by atoms with Crippen molar-refractivity contribution in [1.29, 1.82) is 0 Å². The maximum atomic E-state index is 14.2. The van der Waals surface area contributed by atoms with Gasteiger partial charge >= 0.3 is 12.1 Å². The molecule has 208 valence electrons. The highest BCUT2D eigenvalue weighted by Crippen LogP contribution is 2.33. The third kappa shape index (κ3) is 10.1. The van der Waals surface area contributed by atoms with E-state index in [1.165, 1.54) is 35.9 Å². The summed E-state index contributed by atoms with van der Waals surface area (Å²) in [6, 6.07) is 3.84. The fraction of sp³-hybridized carbons (Fsp3) is 0.615. The van der Waals surface area contributed by atoms with Crippen LogP contribution in [-0.2, 0) is 23.9 Å². The van der Waals surface area contributed by atoms with Crippen molar-refractivity contribution in [3.05, 3.63) is 29.8 Å². The Morgan fingerprint density at radius 2 is 1.78 bits per heavy atom. The molecule has 0 radical (unpaired) electrons. The highest BCUT2D eigenvalue weighted by Gasteiger charge is 2.43. The molecule has 2 unspecified atom stereocenters. The molecule has 2 atom stereocenters. The van der Waals surface area contributed by atoms with Crippen LogP contribution in [0.5, 0.6) is 5.75 Å². The van der Waals surface area contributed by atoms with Crippen LogP contribution in [0.4, 0.5) is 4.79 Å². The number of carbonyl (C=O) groups excluding carboxylic acids is 4. The van der Waals surface area contributed by atoms with Crippen LogP contribution in [0, 0.1) is 0 Å². The van der Waals surface area contributed by atoms with Gasteiger partial charge in [0.15, 0.2) is 0 Å². The Kier molecular flexibility index (Phi) is 12.2. The lowest BCUT2D eigenvalue weighted by molar-refractivity contribution is -0.150. The summed E-state index contributed by atoms with van der Waals surface area (Å²) < 4.78 is 10.0. The quantitative estimate of drug-likeness (QED) is 0.344. The van der Waals surface area contributed by atoms with Crippen molar-refractivity contribution in [2.75, 3.05) is 25.7 Å². The molecule has 0 aliphatic carbocycles. The SMILES string of the molecule is CCC(C)(C)N(C(=O)C(CCSC)NC(=O)OC(C)(C)C)C(C(=O)NCC(=O)OC)c1cccc(O)c1. The molecular weight excluding hydrogens is 498 g/mol. The van der Waals surface area contributed by atoms with Crippen molar-refractivity contribution >= 4 is 35.6 Å². The molecule has 10 nitrogen and oxygen atoms in total. The number of ether oxygens (including phenoxy) is 2. The first-order valence-electron chi connectivity index (χ1n) is 12.1. The molecule has 0 aliphatic heterocycles. The number of phenolic OH excluding ortho intramolecular Hbond substituents is 1. The standard InChI is InChI=1S/C26H41N3O7S/c1-9-26(5,6)29(23(33)19(13-14-37-8)28-24(34)36-25(2,3)4)21(17-11-10-12-18(30)15-17)22(32)27-16-20(31)35-7/h10-12,15,19,21,30H,9,13-14,16H2,1-8H3,(H,27,32)(H,28,34). The van der Waals surface area contributed by atoms with E-state index in [4.69, 9.17) is 4.74 Å². The van der Waals surface area contributed by atoms with E-state index in [0.717, 1.165) is 0 Å². The number of methoxy groups -OCH3 is 1. The van der Waals surface area contributed by atoms with E-state index in [1.54, 1.807) is 32.9 Å². The van der Waals surface area contributed by atoms with Crippen LogP contribution in [0.2, 0.25) is 0 Å². The van der Waals surface area contributed by atoms with Crippen LogP contribution in [0.3, 0.4) is 0 Å². The van der Waals surface area contributed by atoms with Crippen molar-refractivity contribution in [1.82, 2.24) is 15.5 Å². The number of nitrogens with one attached hydrogen (secondary N) is 2. The molecule has 0 aliphatic rings. The van der Waals surface area contributed by atoms with Crippen molar-refractivity contribution in [2.24, 2.45) is 0 Å². The largest absolute Gasteiger partial charge is 0.508 e. The molecule has 0 heterocycles. The number of benzene rings is 1. The number of hydrogen-bond donors (Lipinski definition) is 3. The van der Waals surface area contributed by atoms with Gasteiger partial charge in [-0.1, -0.05) is 19.1 Å². The van der Waals surface area contributed by atoms with Crippen LogP contribution in [0.1, 0.15) is 66.0 Å². The Morgan fingerprint density at radius 3 is 2.30 bits per heavy atom. The topological polar surface area (TPSA) is 134 Å². The summed E-state index contributed by atoms with van der Waals surface area (Å²) in [5, 5.41) is 15.4. The number of phenols is 1. The van der Waals surface area contributed by atoms with Gasteiger partial charge < -0.3 is 30.1 Å². The molecule has 0 bridgehead atoms. The van der Waals surface area contributed by atoms with Crippen LogP contribution in [0.15, 0.2) is 24.3 Å². The van der Waals surface area contributed by atoms with Gasteiger partial charge in [-0.05, 0) is 77.2 Å². The van der Waals surface area contributed by atoms with Gasteiger partial charge in [0, 0.05) is 5.54 Å². The Balaban J connectivity index is 3.59. The Morgan fingerprint density at radius 1 is 1.14 bits per heavy atom. The van der Waals surface area contributed by atoms with Gasteiger partial charge in [0.25, 0.3) is 0 Å². The maximum Gasteiger partial charge on any atom is 0.408 e. The number of nitrogens with zero attached hydrogens (tertiary/aromatic N) is 1. The van der Waals surface area contributed by atoms with Crippen molar-refractivity contribution in [2.45, 2.75) is 77.6 Å². The van der Waals surface area contributed by atoms with Gasteiger partial charge in [0.1, 0.15) is 30.0 Å². The van der Waals surface area contributed by atoms with E-state index in [-0.39, 0.29) is 5.75 Å². The lowest BCUT2D eigenvalue weighted by Gasteiger charge is -2.44. The second-order valence-corrected chi connectivity index (χ2v) is 11.1. The molecule has 0 spiro atoms. The minimum absolute atomic E-state index is 0.0872. The molecule has 1 aromatic rings. The van der Waals surface area contributed by atoms with Gasteiger partial charge in [-0.2, -0.15) is 11.8 Å². The smallest absolute Gasteiger partial charge is 0.408 e. The summed E-state index contributed by atoms with van der Waals surface area (Å²) in [5.74, 6) is -1.30. The molecule has 0 aromatic heterocycles. The summed E-state index contributed by atoms with van der Waals surface area (Å²) in [5.41, 5.74) is -1.28. The number of aromatic hydroxyl groups is 1. The summed E-state index contributed by atoms with van der Waals surface area (Å²) in [7, 11) is 1.20. The van der Waals surface area contributed by atoms with Crippen molar-refractivity contribution < 1.29 is 33.8 Å². The fourth-order valence-corrected chi connectivity index (χ4v) is 3.97. The monoisotopic (exact) mass is 539 g/mol. The van der Waals surface area contributed by atoms with E-state index < -0.39 is 53.6 Å². The number of thioether (sulfide) groups is 1. The first-order valence-corrected chi connectivity index (χ1v) is 13.5. The Hall–Kier alpha value is -2.95. The molecule has 3 amide bonds. The summed E-state index contributed by atoms with van der Waals surface area (Å²) in [4.78, 5) is 53.5. The van der Waals surface area contributed by atoms with Gasteiger partial charge in [0.05, 0.1) is 7.11 Å². The van der Waals surface area contributed by atoms with Gasteiger partial charge in [-0.15, -0.1) is 0 Å². The van der Waals surface area contributed by atoms with Crippen LogP contribution in [0.25, 0.3) is 0 Å². The second-order valence-electron chi connectivity index (χ2n) is 10.1. The first-order chi connectivity index (χ1) is 17.2.